The predicted molar refractivity (Wildman–Crippen MR) is 79.0 cm³/mol. The van der Waals surface area contributed by atoms with Gasteiger partial charge in [-0.15, -0.1) is 0 Å². The van der Waals surface area contributed by atoms with Gasteiger partial charge in [0.05, 0.1) is 17.8 Å². The Balaban J connectivity index is 2.19. The average molecular weight is 331 g/mol. The highest BCUT2D eigenvalue weighted by Crippen LogP contribution is 2.30. The highest BCUT2D eigenvalue weighted by atomic mass is 35.5. The van der Waals surface area contributed by atoms with Crippen molar-refractivity contribution in [2.45, 2.75) is 25.3 Å². The molecule has 120 valence electrons. The summed E-state index contributed by atoms with van der Waals surface area (Å²) in [5.41, 5.74) is -0.110. The topological polar surface area (TPSA) is 78.9 Å². The first kappa shape index (κ1) is 16.4. The molecule has 1 unspecified atom stereocenters. The average Bonchev–Trinajstić information content (AvgIpc) is 2.49. The summed E-state index contributed by atoms with van der Waals surface area (Å²) in [7, 11) is 1.37. The van der Waals surface area contributed by atoms with Crippen molar-refractivity contribution in [1.29, 1.82) is 0 Å². The highest BCUT2D eigenvalue weighted by molar-refractivity contribution is 6.32. The Morgan fingerprint density at radius 2 is 2.18 bits per heavy atom. The Kier molecular flexibility index (Phi) is 5.07. The highest BCUT2D eigenvalue weighted by Gasteiger charge is 2.32. The molecule has 1 aromatic rings. The van der Waals surface area contributed by atoms with Gasteiger partial charge in [0.15, 0.2) is 0 Å². The predicted octanol–water partition coefficient (Wildman–Crippen LogP) is 2.96. The summed E-state index contributed by atoms with van der Waals surface area (Å²) in [5.74, 6) is -1.57. The van der Waals surface area contributed by atoms with Crippen LogP contribution in [0.15, 0.2) is 12.1 Å². The van der Waals surface area contributed by atoms with Gasteiger partial charge in [-0.05, 0) is 25.3 Å². The van der Waals surface area contributed by atoms with Crippen molar-refractivity contribution in [3.05, 3.63) is 23.0 Å². The molecule has 0 aliphatic carbocycles. The fraction of sp³-hybridized carbons (Fsp3) is 0.429. The second-order valence-corrected chi connectivity index (χ2v) is 5.35. The molecule has 2 N–H and O–H groups in total. The number of urea groups is 1. The lowest BCUT2D eigenvalue weighted by Crippen LogP contribution is -2.49. The number of nitrogens with one attached hydrogen (secondary N) is 1. The molecule has 1 aliphatic rings. The fourth-order valence-corrected chi connectivity index (χ4v) is 2.63. The Bertz CT molecular complexity index is 596. The first-order valence-electron chi connectivity index (χ1n) is 6.77. The lowest BCUT2D eigenvalue weighted by atomic mass is 10.0. The second kappa shape index (κ2) is 6.83. The van der Waals surface area contributed by atoms with Gasteiger partial charge in [0.1, 0.15) is 17.6 Å². The summed E-state index contributed by atoms with van der Waals surface area (Å²) in [6.45, 7) is 0.315. The van der Waals surface area contributed by atoms with Crippen LogP contribution in [0, 0.1) is 5.82 Å². The quantitative estimate of drug-likeness (QED) is 0.893. The van der Waals surface area contributed by atoms with Crippen LogP contribution in [0.4, 0.5) is 14.9 Å². The van der Waals surface area contributed by atoms with E-state index in [0.717, 1.165) is 12.5 Å². The van der Waals surface area contributed by atoms with E-state index in [2.05, 4.69) is 5.32 Å². The number of aliphatic carboxylic acids is 1. The number of ether oxygens (including phenoxy) is 1. The number of nitrogens with zero attached hydrogens (tertiary/aromatic N) is 1. The first-order chi connectivity index (χ1) is 10.4. The number of amides is 2. The van der Waals surface area contributed by atoms with E-state index in [1.807, 2.05) is 0 Å². The minimum Gasteiger partial charge on any atom is -0.495 e. The molecule has 8 heteroatoms. The third-order valence-corrected chi connectivity index (χ3v) is 3.83. The summed E-state index contributed by atoms with van der Waals surface area (Å²) in [4.78, 5) is 24.6. The number of methoxy groups -OCH3 is 1. The lowest BCUT2D eigenvalue weighted by molar-refractivity contribution is -0.143. The van der Waals surface area contributed by atoms with E-state index < -0.39 is 23.9 Å². The molecule has 1 aliphatic heterocycles. The third-order valence-electron chi connectivity index (χ3n) is 3.53. The Labute approximate surface area is 131 Å². The zero-order valence-electron chi connectivity index (χ0n) is 11.9. The normalized spacial score (nSPS) is 18.0. The molecule has 6 nitrogen and oxygen atoms in total. The molecular formula is C14H16ClFN2O4. The van der Waals surface area contributed by atoms with E-state index in [1.165, 1.54) is 18.1 Å². The smallest absolute Gasteiger partial charge is 0.326 e. The summed E-state index contributed by atoms with van der Waals surface area (Å²) in [5, 5.41) is 11.6. The van der Waals surface area contributed by atoms with Gasteiger partial charge in [-0.1, -0.05) is 11.6 Å². The molecular weight excluding hydrogens is 315 g/mol. The van der Waals surface area contributed by atoms with Crippen molar-refractivity contribution in [1.82, 2.24) is 4.90 Å². The van der Waals surface area contributed by atoms with Crippen LogP contribution >= 0.6 is 11.6 Å². The zero-order chi connectivity index (χ0) is 16.3. The van der Waals surface area contributed by atoms with Crippen molar-refractivity contribution in [2.75, 3.05) is 19.0 Å². The standard InChI is InChI=1S/C14H16ClFN2O4/c1-22-12-7-10(9(16)6-8(12)15)17-14(21)18-5-3-2-4-11(18)13(19)20/h6-7,11H,2-5H2,1H3,(H,17,21)(H,19,20). The van der Waals surface area contributed by atoms with Crippen molar-refractivity contribution < 1.29 is 23.8 Å². The van der Waals surface area contributed by atoms with Crippen LogP contribution in [-0.2, 0) is 4.79 Å². The number of anilines is 1. The first-order valence-corrected chi connectivity index (χ1v) is 7.15. The molecule has 1 saturated heterocycles. The van der Waals surface area contributed by atoms with Crippen LogP contribution in [0.2, 0.25) is 5.02 Å². The number of piperidine rings is 1. The molecule has 0 bridgehead atoms. The van der Waals surface area contributed by atoms with E-state index in [4.69, 9.17) is 21.4 Å². The molecule has 1 fully saturated rings. The largest absolute Gasteiger partial charge is 0.495 e. The minimum atomic E-state index is -1.07. The number of rotatable bonds is 3. The van der Waals surface area contributed by atoms with Gasteiger partial charge in [0.2, 0.25) is 0 Å². The lowest BCUT2D eigenvalue weighted by Gasteiger charge is -2.32. The number of carbonyl (C=O) groups excluding carboxylic acids is 1. The van der Waals surface area contributed by atoms with Gasteiger partial charge in [-0.2, -0.15) is 0 Å². The molecule has 1 atom stereocenters. The maximum atomic E-state index is 13.9. The molecule has 0 spiro atoms. The van der Waals surface area contributed by atoms with E-state index >= 15 is 0 Å². The number of benzene rings is 1. The number of halogens is 2. The van der Waals surface area contributed by atoms with Crippen LogP contribution in [0.5, 0.6) is 5.75 Å². The Morgan fingerprint density at radius 3 is 2.82 bits per heavy atom. The molecule has 0 saturated carbocycles. The molecule has 22 heavy (non-hydrogen) atoms. The summed E-state index contributed by atoms with van der Waals surface area (Å²) >= 11 is 5.79. The van der Waals surface area contributed by atoms with Crippen LogP contribution in [-0.4, -0.2) is 41.7 Å². The second-order valence-electron chi connectivity index (χ2n) is 4.94. The van der Waals surface area contributed by atoms with E-state index in [0.29, 0.717) is 19.4 Å². The monoisotopic (exact) mass is 330 g/mol. The molecule has 2 amide bonds. The van der Waals surface area contributed by atoms with E-state index in [-0.39, 0.29) is 16.5 Å². The van der Waals surface area contributed by atoms with Gasteiger partial charge >= 0.3 is 12.0 Å². The van der Waals surface area contributed by atoms with Crippen LogP contribution in [0.3, 0.4) is 0 Å². The third kappa shape index (κ3) is 3.41. The maximum absolute atomic E-state index is 13.9. The number of carboxylic acid groups (broad SMARTS) is 1. The zero-order valence-corrected chi connectivity index (χ0v) is 12.7. The van der Waals surface area contributed by atoms with E-state index in [1.54, 1.807) is 0 Å². The van der Waals surface area contributed by atoms with Crippen molar-refractivity contribution in [3.8, 4) is 5.75 Å². The summed E-state index contributed by atoms with van der Waals surface area (Å²) in [6, 6.07) is 0.734. The van der Waals surface area contributed by atoms with Crippen LogP contribution in [0.25, 0.3) is 0 Å². The van der Waals surface area contributed by atoms with E-state index in [9.17, 15) is 14.0 Å². The Morgan fingerprint density at radius 1 is 1.45 bits per heavy atom. The number of carboxylic acids is 1. The van der Waals surface area contributed by atoms with Crippen LogP contribution in [0.1, 0.15) is 19.3 Å². The van der Waals surface area contributed by atoms with Crippen molar-refractivity contribution in [3.63, 3.8) is 0 Å². The number of likely N-dealkylation sites (tertiary alicyclic amines) is 1. The Hall–Kier alpha value is -2.02. The SMILES string of the molecule is COc1cc(NC(=O)N2CCCCC2C(=O)O)c(F)cc1Cl. The van der Waals surface area contributed by atoms with Gasteiger partial charge < -0.3 is 20.1 Å². The molecule has 1 aromatic carbocycles. The molecule has 0 radical (unpaired) electrons. The summed E-state index contributed by atoms with van der Waals surface area (Å²) in [6.07, 6.45) is 1.84. The molecule has 0 aromatic heterocycles. The minimum absolute atomic E-state index is 0.0828. The van der Waals surface area contributed by atoms with Gasteiger partial charge in [0, 0.05) is 12.6 Å². The number of hydrogen-bond donors (Lipinski definition) is 2. The van der Waals surface area contributed by atoms with Gasteiger partial charge in [0.25, 0.3) is 0 Å². The van der Waals surface area contributed by atoms with Gasteiger partial charge in [-0.3, -0.25) is 0 Å². The maximum Gasteiger partial charge on any atom is 0.326 e. The number of carbonyl (C=O) groups is 2. The molecule has 1 heterocycles. The summed E-state index contributed by atoms with van der Waals surface area (Å²) < 4.78 is 18.8. The van der Waals surface area contributed by atoms with Crippen molar-refractivity contribution in [2.24, 2.45) is 0 Å². The fourth-order valence-electron chi connectivity index (χ4n) is 2.40. The van der Waals surface area contributed by atoms with Crippen LogP contribution < -0.4 is 10.1 Å². The van der Waals surface area contributed by atoms with Gasteiger partial charge in [-0.25, -0.2) is 14.0 Å². The number of hydrogen-bond acceptors (Lipinski definition) is 3. The molecule has 2 rings (SSSR count). The van der Waals surface area contributed by atoms with Crippen molar-refractivity contribution >= 4 is 29.3 Å².